The molecule has 1 aliphatic rings. The number of carboxylic acids is 1. The van der Waals surface area contributed by atoms with Gasteiger partial charge >= 0.3 is 5.97 Å². The molecule has 5 N–H and O–H groups in total. The minimum atomic E-state index is -0.921. The van der Waals surface area contributed by atoms with Crippen LogP contribution in [0.3, 0.4) is 0 Å². The van der Waals surface area contributed by atoms with E-state index in [1.807, 2.05) is 0 Å². The van der Waals surface area contributed by atoms with E-state index in [1.54, 1.807) is 30.5 Å². The van der Waals surface area contributed by atoms with E-state index < -0.39 is 5.97 Å². The SMILES string of the molecule is Nc1ccc2c(c1)NC(=O)CO2.O=C(O)c1ccc[nH]1. The van der Waals surface area contributed by atoms with Gasteiger partial charge < -0.3 is 25.9 Å². The maximum absolute atomic E-state index is 10.9. The Morgan fingerprint density at radius 1 is 1.35 bits per heavy atom. The van der Waals surface area contributed by atoms with Crippen molar-refractivity contribution in [3.05, 3.63) is 42.2 Å². The van der Waals surface area contributed by atoms with Crippen molar-refractivity contribution in [2.24, 2.45) is 0 Å². The van der Waals surface area contributed by atoms with Gasteiger partial charge in [0.2, 0.25) is 0 Å². The van der Waals surface area contributed by atoms with Crippen LogP contribution in [0.1, 0.15) is 10.5 Å². The Morgan fingerprint density at radius 3 is 2.75 bits per heavy atom. The Labute approximate surface area is 114 Å². The molecule has 104 valence electrons. The average molecular weight is 275 g/mol. The Bertz CT molecular complexity index is 623. The number of aromatic nitrogens is 1. The second-order valence-corrected chi connectivity index (χ2v) is 3.98. The minimum Gasteiger partial charge on any atom is -0.482 e. The molecule has 2 aromatic rings. The van der Waals surface area contributed by atoms with Gasteiger partial charge in [-0.3, -0.25) is 4.79 Å². The van der Waals surface area contributed by atoms with Crippen LogP contribution in [-0.2, 0) is 4.79 Å². The third-order valence-electron chi connectivity index (χ3n) is 2.46. The van der Waals surface area contributed by atoms with Crippen molar-refractivity contribution >= 4 is 23.3 Å². The van der Waals surface area contributed by atoms with E-state index in [2.05, 4.69) is 10.3 Å². The molecule has 0 spiro atoms. The lowest BCUT2D eigenvalue weighted by Crippen LogP contribution is -2.25. The molecular formula is C13H13N3O4. The fourth-order valence-corrected chi connectivity index (χ4v) is 1.56. The number of anilines is 2. The molecule has 1 aliphatic heterocycles. The number of fused-ring (bicyclic) bond motifs is 1. The number of nitrogen functional groups attached to an aromatic ring is 1. The van der Waals surface area contributed by atoms with Crippen LogP contribution in [0.4, 0.5) is 11.4 Å². The van der Waals surface area contributed by atoms with Crippen molar-refractivity contribution in [1.29, 1.82) is 0 Å². The van der Waals surface area contributed by atoms with Crippen LogP contribution in [0, 0.1) is 0 Å². The highest BCUT2D eigenvalue weighted by atomic mass is 16.5. The molecule has 0 aliphatic carbocycles. The molecule has 0 saturated heterocycles. The number of hydrogen-bond donors (Lipinski definition) is 4. The fraction of sp³-hybridized carbons (Fsp3) is 0.0769. The van der Waals surface area contributed by atoms with Gasteiger partial charge in [-0.05, 0) is 30.3 Å². The summed E-state index contributed by atoms with van der Waals surface area (Å²) in [5.41, 5.74) is 7.00. The zero-order valence-corrected chi connectivity index (χ0v) is 10.4. The van der Waals surface area contributed by atoms with Gasteiger partial charge in [-0.1, -0.05) is 0 Å². The number of amides is 1. The lowest BCUT2D eigenvalue weighted by molar-refractivity contribution is -0.118. The van der Waals surface area contributed by atoms with E-state index in [1.165, 1.54) is 6.07 Å². The highest BCUT2D eigenvalue weighted by Gasteiger charge is 2.14. The quantitative estimate of drug-likeness (QED) is 0.585. The Hall–Kier alpha value is -2.96. The van der Waals surface area contributed by atoms with Gasteiger partial charge in [0, 0.05) is 11.9 Å². The van der Waals surface area contributed by atoms with Crippen LogP contribution in [0.25, 0.3) is 0 Å². The number of carbonyl (C=O) groups is 2. The molecule has 1 aromatic carbocycles. The van der Waals surface area contributed by atoms with Gasteiger partial charge in [-0.15, -0.1) is 0 Å². The molecule has 20 heavy (non-hydrogen) atoms. The normalized spacial score (nSPS) is 12.3. The smallest absolute Gasteiger partial charge is 0.352 e. The zero-order valence-electron chi connectivity index (χ0n) is 10.4. The molecule has 0 bridgehead atoms. The first-order valence-electron chi connectivity index (χ1n) is 5.75. The predicted molar refractivity (Wildman–Crippen MR) is 72.7 cm³/mol. The Balaban J connectivity index is 0.000000160. The van der Waals surface area contributed by atoms with Gasteiger partial charge in [0.25, 0.3) is 5.91 Å². The summed E-state index contributed by atoms with van der Waals surface area (Å²) in [5, 5.41) is 10.9. The first kappa shape index (κ1) is 13.5. The molecule has 7 nitrogen and oxygen atoms in total. The average Bonchev–Trinajstić information content (AvgIpc) is 2.93. The van der Waals surface area contributed by atoms with Crippen LogP contribution in [0.5, 0.6) is 5.75 Å². The van der Waals surface area contributed by atoms with Crippen molar-refractivity contribution < 1.29 is 19.4 Å². The van der Waals surface area contributed by atoms with Gasteiger partial charge in [0.15, 0.2) is 6.61 Å². The summed E-state index contributed by atoms with van der Waals surface area (Å²) >= 11 is 0. The maximum atomic E-state index is 10.9. The first-order valence-corrected chi connectivity index (χ1v) is 5.75. The van der Waals surface area contributed by atoms with E-state index in [9.17, 15) is 9.59 Å². The molecule has 0 radical (unpaired) electrons. The number of carboxylic acid groups (broad SMARTS) is 1. The summed E-state index contributed by atoms with van der Waals surface area (Å²) in [7, 11) is 0. The molecule has 3 rings (SSSR count). The molecule has 7 heteroatoms. The van der Waals surface area contributed by atoms with Crippen molar-refractivity contribution in [3.63, 3.8) is 0 Å². The molecule has 0 fully saturated rings. The lowest BCUT2D eigenvalue weighted by atomic mass is 10.2. The summed E-state index contributed by atoms with van der Waals surface area (Å²) in [6, 6.07) is 8.29. The van der Waals surface area contributed by atoms with E-state index in [0.29, 0.717) is 17.1 Å². The standard InChI is InChI=1S/C8H8N2O2.C5H5NO2/c9-5-1-2-7-6(3-5)10-8(11)4-12-7;7-5(8)4-2-1-3-6-4/h1-3H,4,9H2,(H,10,11);1-3,6H,(H,7,8). The lowest BCUT2D eigenvalue weighted by Gasteiger charge is -2.17. The second-order valence-electron chi connectivity index (χ2n) is 3.98. The Kier molecular flexibility index (Phi) is 3.90. The molecule has 0 saturated carbocycles. The molecule has 1 amide bonds. The molecule has 2 heterocycles. The number of aromatic amines is 1. The van der Waals surface area contributed by atoms with Crippen LogP contribution >= 0.6 is 0 Å². The van der Waals surface area contributed by atoms with Crippen LogP contribution in [0.15, 0.2) is 36.5 Å². The van der Waals surface area contributed by atoms with Gasteiger partial charge in [-0.25, -0.2) is 4.79 Å². The minimum absolute atomic E-state index is 0.0803. The summed E-state index contributed by atoms with van der Waals surface area (Å²) in [5.74, 6) is -0.396. The monoisotopic (exact) mass is 275 g/mol. The number of rotatable bonds is 1. The van der Waals surface area contributed by atoms with Gasteiger partial charge in [0.05, 0.1) is 5.69 Å². The highest BCUT2D eigenvalue weighted by Crippen LogP contribution is 2.28. The van der Waals surface area contributed by atoms with Crippen molar-refractivity contribution in [1.82, 2.24) is 4.98 Å². The molecular weight excluding hydrogens is 262 g/mol. The maximum Gasteiger partial charge on any atom is 0.352 e. The Morgan fingerprint density at radius 2 is 2.15 bits per heavy atom. The second kappa shape index (κ2) is 5.79. The molecule has 0 atom stereocenters. The third kappa shape index (κ3) is 3.29. The number of aromatic carboxylic acids is 1. The van der Waals surface area contributed by atoms with Gasteiger partial charge in [0.1, 0.15) is 11.4 Å². The van der Waals surface area contributed by atoms with Crippen LogP contribution in [0.2, 0.25) is 0 Å². The van der Waals surface area contributed by atoms with E-state index in [0.717, 1.165) is 0 Å². The van der Waals surface area contributed by atoms with E-state index >= 15 is 0 Å². The number of hydrogen-bond acceptors (Lipinski definition) is 4. The molecule has 1 aromatic heterocycles. The number of nitrogens with one attached hydrogen (secondary N) is 2. The fourth-order valence-electron chi connectivity index (χ4n) is 1.56. The first-order chi connectivity index (χ1) is 9.56. The van der Waals surface area contributed by atoms with E-state index in [-0.39, 0.29) is 18.2 Å². The van der Waals surface area contributed by atoms with Crippen molar-refractivity contribution in [2.45, 2.75) is 0 Å². The summed E-state index contributed by atoms with van der Waals surface area (Å²) in [6.07, 6.45) is 1.57. The predicted octanol–water partition coefficient (Wildman–Crippen LogP) is 1.31. The van der Waals surface area contributed by atoms with Crippen molar-refractivity contribution in [3.8, 4) is 5.75 Å². The highest BCUT2D eigenvalue weighted by molar-refractivity contribution is 5.95. The largest absolute Gasteiger partial charge is 0.482 e. The van der Waals surface area contributed by atoms with Gasteiger partial charge in [-0.2, -0.15) is 0 Å². The number of nitrogens with two attached hydrogens (primary N) is 1. The number of H-pyrrole nitrogens is 1. The summed E-state index contributed by atoms with van der Waals surface area (Å²) in [4.78, 5) is 23.4. The summed E-state index contributed by atoms with van der Waals surface area (Å²) < 4.78 is 5.12. The topological polar surface area (TPSA) is 117 Å². The molecule has 0 unspecified atom stereocenters. The third-order valence-corrected chi connectivity index (χ3v) is 2.46. The zero-order chi connectivity index (χ0) is 14.5. The van der Waals surface area contributed by atoms with Crippen LogP contribution in [-0.4, -0.2) is 28.6 Å². The van der Waals surface area contributed by atoms with E-state index in [4.69, 9.17) is 15.6 Å². The number of carbonyl (C=O) groups excluding carboxylic acids is 1. The van der Waals surface area contributed by atoms with Crippen LogP contribution < -0.4 is 15.8 Å². The summed E-state index contributed by atoms with van der Waals surface area (Å²) in [6.45, 7) is 0.0803. The number of benzene rings is 1. The van der Waals surface area contributed by atoms with Crippen molar-refractivity contribution in [2.75, 3.05) is 17.7 Å². The number of ether oxygens (including phenoxy) is 1.